The fraction of sp³-hybridized carbons (Fsp3) is 0.432. The van der Waals surface area contributed by atoms with Crippen molar-refractivity contribution in [1.82, 2.24) is 4.90 Å². The number of halogens is 2. The molecule has 0 aromatic heterocycles. The molecule has 0 N–H and O–H groups in total. The largest absolute Gasteiger partial charge is 0.491 e. The van der Waals surface area contributed by atoms with Crippen molar-refractivity contribution in [1.29, 1.82) is 0 Å². The number of hydrogen-bond acceptors (Lipinski definition) is 2. The van der Waals surface area contributed by atoms with Crippen molar-refractivity contribution in [3.63, 3.8) is 0 Å². The number of fused-ring (bicyclic) bond motifs is 3. The van der Waals surface area contributed by atoms with Gasteiger partial charge in [0, 0.05) is 37.6 Å². The zero-order valence-electron chi connectivity index (χ0n) is 25.3. The minimum atomic E-state index is -0.497. The third kappa shape index (κ3) is 6.32. The van der Waals surface area contributed by atoms with Crippen LogP contribution in [0.4, 0.5) is 0 Å². The third-order valence-electron chi connectivity index (χ3n) is 10.1. The van der Waals surface area contributed by atoms with Gasteiger partial charge in [0.2, 0.25) is 5.91 Å². The number of carbonyl (C=O) groups is 1. The molecule has 3 aromatic rings. The number of rotatable bonds is 9. The van der Waals surface area contributed by atoms with Crippen LogP contribution in [0.15, 0.2) is 72.8 Å². The molecule has 0 radical (unpaired) electrons. The summed E-state index contributed by atoms with van der Waals surface area (Å²) in [4.78, 5) is 15.6. The molecule has 224 valence electrons. The van der Waals surface area contributed by atoms with E-state index < -0.39 is 5.41 Å². The highest BCUT2D eigenvalue weighted by Gasteiger charge is 2.50. The van der Waals surface area contributed by atoms with Gasteiger partial charge in [-0.05, 0) is 54.8 Å². The Labute approximate surface area is 266 Å². The smallest absolute Gasteiger partial charge is 0.227 e. The summed E-state index contributed by atoms with van der Waals surface area (Å²) in [6.07, 6.45) is 4.95. The molecule has 4 aliphatic heterocycles. The SMILES string of the molecule is CC(C)Oc1cccc(CC(=O)N2CC#CC(CC[N+]34CCC(c5ccccc5)(CC3)CC4)(c3ccc(Cl)c(Cl)c3)C2)c1. The number of amides is 1. The van der Waals surface area contributed by atoms with Gasteiger partial charge in [-0.1, -0.05) is 83.6 Å². The lowest BCUT2D eigenvalue weighted by Gasteiger charge is -2.56. The van der Waals surface area contributed by atoms with Gasteiger partial charge in [-0.25, -0.2) is 0 Å². The van der Waals surface area contributed by atoms with Crippen LogP contribution in [0.25, 0.3) is 0 Å². The summed E-state index contributed by atoms with van der Waals surface area (Å²) >= 11 is 12.9. The van der Waals surface area contributed by atoms with E-state index in [0.717, 1.165) is 34.3 Å². The van der Waals surface area contributed by atoms with Gasteiger partial charge in [0.25, 0.3) is 0 Å². The molecule has 4 aliphatic rings. The van der Waals surface area contributed by atoms with Gasteiger partial charge in [0.15, 0.2) is 0 Å². The molecule has 6 heteroatoms. The Morgan fingerprint density at radius 3 is 2.37 bits per heavy atom. The molecular formula is C37H41Cl2N2O2+. The first-order valence-electron chi connectivity index (χ1n) is 15.6. The Balaban J connectivity index is 1.21. The van der Waals surface area contributed by atoms with E-state index in [0.29, 0.717) is 35.0 Å². The van der Waals surface area contributed by atoms with Gasteiger partial charge in [0.05, 0.1) is 60.7 Å². The zero-order valence-corrected chi connectivity index (χ0v) is 26.8. The number of quaternary nitrogens is 1. The second-order valence-electron chi connectivity index (χ2n) is 13.1. The van der Waals surface area contributed by atoms with Gasteiger partial charge in [-0.2, -0.15) is 0 Å². The van der Waals surface area contributed by atoms with E-state index in [4.69, 9.17) is 27.9 Å². The van der Waals surface area contributed by atoms with Crippen LogP contribution in [0.5, 0.6) is 5.75 Å². The van der Waals surface area contributed by atoms with Crippen molar-refractivity contribution in [3.8, 4) is 17.6 Å². The van der Waals surface area contributed by atoms with Crippen LogP contribution in [-0.4, -0.2) is 60.7 Å². The molecule has 3 saturated heterocycles. The van der Waals surface area contributed by atoms with Gasteiger partial charge in [0.1, 0.15) is 5.75 Å². The van der Waals surface area contributed by atoms with Crippen LogP contribution < -0.4 is 4.74 Å². The van der Waals surface area contributed by atoms with Gasteiger partial charge in [-0.3, -0.25) is 4.79 Å². The summed E-state index contributed by atoms with van der Waals surface area (Å²) in [6, 6.07) is 24.9. The lowest BCUT2D eigenvalue weighted by Crippen LogP contribution is -2.64. The van der Waals surface area contributed by atoms with Crippen LogP contribution in [0.2, 0.25) is 10.0 Å². The Morgan fingerprint density at radius 2 is 1.67 bits per heavy atom. The molecule has 1 unspecified atom stereocenters. The predicted molar refractivity (Wildman–Crippen MR) is 175 cm³/mol. The van der Waals surface area contributed by atoms with E-state index in [1.54, 1.807) is 0 Å². The van der Waals surface area contributed by atoms with Crippen molar-refractivity contribution in [2.75, 3.05) is 39.3 Å². The standard InChI is InChI=1S/C37H41Cl2N2O2/c1-28(2)43-32-11-6-8-29(24-32)25-35(42)40-19-7-14-37(27-40,31-12-13-33(38)34(39)26-31)18-23-41-20-15-36(16-21-41,17-22-41)30-9-4-3-5-10-30/h3-6,8-13,24,26,28H,15-23,25,27H2,1-2H3/q+1. The van der Waals surface area contributed by atoms with Crippen LogP contribution >= 0.6 is 23.2 Å². The maximum atomic E-state index is 13.7. The number of ether oxygens (including phenoxy) is 1. The predicted octanol–water partition coefficient (Wildman–Crippen LogP) is 7.45. The van der Waals surface area contributed by atoms with Crippen LogP contribution in [0.3, 0.4) is 0 Å². The third-order valence-corrected chi connectivity index (χ3v) is 10.8. The monoisotopic (exact) mass is 615 g/mol. The lowest BCUT2D eigenvalue weighted by atomic mass is 9.66. The van der Waals surface area contributed by atoms with Crippen molar-refractivity contribution in [2.24, 2.45) is 0 Å². The van der Waals surface area contributed by atoms with Crippen LogP contribution in [0, 0.1) is 11.8 Å². The Kier molecular flexibility index (Phi) is 8.53. The lowest BCUT2D eigenvalue weighted by molar-refractivity contribution is -0.943. The minimum absolute atomic E-state index is 0.0794. The molecule has 1 atom stereocenters. The molecule has 1 amide bonds. The molecule has 3 aromatic carbocycles. The summed E-state index contributed by atoms with van der Waals surface area (Å²) in [6.45, 7) is 9.61. The molecule has 2 bridgehead atoms. The van der Waals surface area contributed by atoms with Crippen molar-refractivity contribution in [3.05, 3.63) is 99.5 Å². The molecule has 4 heterocycles. The molecule has 7 rings (SSSR count). The molecule has 0 spiro atoms. The Morgan fingerprint density at radius 1 is 0.930 bits per heavy atom. The average molecular weight is 617 g/mol. The number of hydrogen-bond donors (Lipinski definition) is 0. The van der Waals surface area contributed by atoms with Gasteiger partial charge < -0.3 is 14.1 Å². The fourth-order valence-electron chi connectivity index (χ4n) is 7.48. The maximum Gasteiger partial charge on any atom is 0.227 e. The molecule has 4 nitrogen and oxygen atoms in total. The van der Waals surface area contributed by atoms with E-state index in [1.807, 2.05) is 55.1 Å². The molecule has 0 aliphatic carbocycles. The molecule has 0 saturated carbocycles. The molecule has 3 fully saturated rings. The topological polar surface area (TPSA) is 29.5 Å². The summed E-state index contributed by atoms with van der Waals surface area (Å²) < 4.78 is 7.00. The number of carbonyl (C=O) groups excluding carboxylic acids is 1. The Hall–Kier alpha value is -2.97. The average Bonchev–Trinajstić information content (AvgIpc) is 3.03. The first kappa shape index (κ1) is 30.1. The van der Waals surface area contributed by atoms with Gasteiger partial charge in [-0.15, -0.1) is 0 Å². The van der Waals surface area contributed by atoms with Crippen molar-refractivity contribution in [2.45, 2.75) is 62.9 Å². The fourth-order valence-corrected chi connectivity index (χ4v) is 7.78. The van der Waals surface area contributed by atoms with E-state index in [-0.39, 0.29) is 12.0 Å². The highest BCUT2D eigenvalue weighted by Crippen LogP contribution is 2.47. The first-order valence-corrected chi connectivity index (χ1v) is 16.4. The van der Waals surface area contributed by atoms with E-state index in [9.17, 15) is 4.79 Å². The number of benzene rings is 3. The van der Waals surface area contributed by atoms with E-state index in [2.05, 4.69) is 48.2 Å². The van der Waals surface area contributed by atoms with Crippen molar-refractivity contribution < 1.29 is 14.0 Å². The normalized spacial score (nSPS) is 26.2. The van der Waals surface area contributed by atoms with E-state index in [1.165, 1.54) is 44.5 Å². The minimum Gasteiger partial charge on any atom is -0.491 e. The summed E-state index contributed by atoms with van der Waals surface area (Å²) in [5.74, 6) is 7.86. The zero-order chi connectivity index (χ0) is 30.1. The first-order chi connectivity index (χ1) is 20.7. The van der Waals surface area contributed by atoms with Crippen LogP contribution in [-0.2, 0) is 22.0 Å². The quantitative estimate of drug-likeness (QED) is 0.185. The summed E-state index contributed by atoms with van der Waals surface area (Å²) in [5.41, 5.74) is 3.33. The van der Waals surface area contributed by atoms with Crippen molar-refractivity contribution >= 4 is 29.1 Å². The second-order valence-corrected chi connectivity index (χ2v) is 14.0. The van der Waals surface area contributed by atoms with E-state index >= 15 is 0 Å². The number of nitrogens with zero attached hydrogens (tertiary/aromatic N) is 2. The molecular weight excluding hydrogens is 575 g/mol. The van der Waals surface area contributed by atoms with Crippen LogP contribution in [0.1, 0.15) is 56.2 Å². The Bertz CT molecular complexity index is 1520. The molecule has 43 heavy (non-hydrogen) atoms. The maximum absolute atomic E-state index is 13.7. The number of piperidine rings is 3. The summed E-state index contributed by atoms with van der Waals surface area (Å²) in [5, 5.41) is 1.06. The second kappa shape index (κ2) is 12.2. The summed E-state index contributed by atoms with van der Waals surface area (Å²) in [7, 11) is 0. The van der Waals surface area contributed by atoms with Gasteiger partial charge >= 0.3 is 0 Å². The highest BCUT2D eigenvalue weighted by molar-refractivity contribution is 6.42. The highest BCUT2D eigenvalue weighted by atomic mass is 35.5.